The zero-order valence-electron chi connectivity index (χ0n) is 15.6. The van der Waals surface area contributed by atoms with Crippen molar-refractivity contribution in [2.24, 2.45) is 11.7 Å². The predicted molar refractivity (Wildman–Crippen MR) is 112 cm³/mol. The van der Waals surface area contributed by atoms with Gasteiger partial charge in [0.1, 0.15) is 0 Å². The highest BCUT2D eigenvalue weighted by Crippen LogP contribution is 2.24. The number of hydrogen-bond acceptors (Lipinski definition) is 4. The average Bonchev–Trinajstić information content (AvgIpc) is 2.58. The van der Waals surface area contributed by atoms with E-state index in [1.807, 2.05) is 13.8 Å². The normalized spacial score (nSPS) is 12.2. The molecular weight excluding hydrogens is 386 g/mol. The molecule has 8 heteroatoms. The molecule has 0 aliphatic carbocycles. The summed E-state index contributed by atoms with van der Waals surface area (Å²) in [6, 6.07) is 12.6. The van der Waals surface area contributed by atoms with Crippen molar-refractivity contribution in [1.82, 2.24) is 0 Å². The van der Waals surface area contributed by atoms with E-state index in [0.717, 1.165) is 5.56 Å². The van der Waals surface area contributed by atoms with Crippen LogP contribution in [0.15, 0.2) is 53.4 Å². The summed E-state index contributed by atoms with van der Waals surface area (Å²) in [6.07, 6.45) is 0.575. The maximum atomic E-state index is 12.5. The molecule has 2 rings (SSSR count). The van der Waals surface area contributed by atoms with Gasteiger partial charge in [-0.2, -0.15) is 0 Å². The Balaban J connectivity index is 0.00000364. The van der Waals surface area contributed by atoms with E-state index in [1.165, 1.54) is 12.1 Å². The van der Waals surface area contributed by atoms with Crippen molar-refractivity contribution >= 4 is 39.7 Å². The third-order valence-corrected chi connectivity index (χ3v) is 5.25. The number of rotatable bonds is 7. The number of nitrogens with one attached hydrogen (secondary N) is 2. The zero-order chi connectivity index (χ0) is 19.3. The lowest BCUT2D eigenvalue weighted by Gasteiger charge is -2.16. The summed E-state index contributed by atoms with van der Waals surface area (Å²) >= 11 is 0. The molecular formula is C19H26ClN3O3S. The van der Waals surface area contributed by atoms with Gasteiger partial charge in [0.05, 0.1) is 16.6 Å². The molecule has 0 bridgehead atoms. The van der Waals surface area contributed by atoms with Crippen LogP contribution in [0, 0.1) is 12.8 Å². The first-order valence-electron chi connectivity index (χ1n) is 8.44. The molecule has 0 aromatic heterocycles. The fourth-order valence-electron chi connectivity index (χ4n) is 2.46. The van der Waals surface area contributed by atoms with Gasteiger partial charge in [-0.1, -0.05) is 38.1 Å². The van der Waals surface area contributed by atoms with E-state index < -0.39 is 16.1 Å². The minimum absolute atomic E-state index is 0. The summed E-state index contributed by atoms with van der Waals surface area (Å²) in [5.41, 5.74) is 7.53. The maximum Gasteiger partial charge on any atom is 0.261 e. The van der Waals surface area contributed by atoms with Gasteiger partial charge in [0.25, 0.3) is 10.0 Å². The number of halogens is 1. The SMILES string of the molecule is Cc1ccc(NC(=O)[C@@H](N)CC(C)C)cc1NS(=O)(=O)c1ccccc1.Cl. The van der Waals surface area contributed by atoms with Crippen LogP contribution in [0.3, 0.4) is 0 Å². The number of carbonyl (C=O) groups is 1. The van der Waals surface area contributed by atoms with Gasteiger partial charge in [-0.05, 0) is 49.1 Å². The van der Waals surface area contributed by atoms with Crippen molar-refractivity contribution in [3.63, 3.8) is 0 Å². The molecule has 0 aliphatic heterocycles. The number of hydrogen-bond donors (Lipinski definition) is 3. The predicted octanol–water partition coefficient (Wildman–Crippen LogP) is 3.53. The highest BCUT2D eigenvalue weighted by molar-refractivity contribution is 7.92. The highest BCUT2D eigenvalue weighted by atomic mass is 35.5. The van der Waals surface area contributed by atoms with E-state index in [1.54, 1.807) is 43.3 Å². The van der Waals surface area contributed by atoms with E-state index in [-0.39, 0.29) is 23.2 Å². The summed E-state index contributed by atoms with van der Waals surface area (Å²) in [7, 11) is -3.70. The van der Waals surface area contributed by atoms with Gasteiger partial charge in [0, 0.05) is 5.69 Å². The Hall–Kier alpha value is -2.09. The van der Waals surface area contributed by atoms with Gasteiger partial charge in [0.15, 0.2) is 0 Å². The van der Waals surface area contributed by atoms with E-state index in [9.17, 15) is 13.2 Å². The minimum Gasteiger partial charge on any atom is -0.325 e. The van der Waals surface area contributed by atoms with Gasteiger partial charge in [-0.25, -0.2) is 8.42 Å². The van der Waals surface area contributed by atoms with Crippen LogP contribution in [-0.2, 0) is 14.8 Å². The first-order valence-corrected chi connectivity index (χ1v) is 9.92. The third kappa shape index (κ3) is 6.53. The first kappa shape index (κ1) is 23.0. The Morgan fingerprint density at radius 2 is 1.74 bits per heavy atom. The molecule has 6 nitrogen and oxygen atoms in total. The Morgan fingerprint density at radius 3 is 2.33 bits per heavy atom. The van der Waals surface area contributed by atoms with E-state index in [4.69, 9.17) is 5.73 Å². The van der Waals surface area contributed by atoms with Crippen LogP contribution in [0.25, 0.3) is 0 Å². The lowest BCUT2D eigenvalue weighted by atomic mass is 10.0. The van der Waals surface area contributed by atoms with Gasteiger partial charge < -0.3 is 11.1 Å². The van der Waals surface area contributed by atoms with Crippen molar-refractivity contribution in [2.45, 2.75) is 38.1 Å². The van der Waals surface area contributed by atoms with Gasteiger partial charge in [-0.15, -0.1) is 12.4 Å². The molecule has 1 amide bonds. The molecule has 4 N–H and O–H groups in total. The Labute approximate surface area is 167 Å². The van der Waals surface area contributed by atoms with Crippen LogP contribution in [0.5, 0.6) is 0 Å². The van der Waals surface area contributed by atoms with Gasteiger partial charge in [-0.3, -0.25) is 9.52 Å². The van der Waals surface area contributed by atoms with Crippen LogP contribution in [-0.4, -0.2) is 20.4 Å². The number of anilines is 2. The molecule has 0 heterocycles. The molecule has 2 aromatic carbocycles. The number of benzene rings is 2. The molecule has 0 spiro atoms. The smallest absolute Gasteiger partial charge is 0.261 e. The Bertz CT molecular complexity index is 871. The van der Waals surface area contributed by atoms with Crippen LogP contribution in [0.4, 0.5) is 11.4 Å². The summed E-state index contributed by atoms with van der Waals surface area (Å²) < 4.78 is 27.6. The molecule has 0 fully saturated rings. The zero-order valence-corrected chi connectivity index (χ0v) is 17.2. The average molecular weight is 412 g/mol. The Kier molecular flexibility index (Phi) is 8.27. The third-order valence-electron chi connectivity index (χ3n) is 3.87. The summed E-state index contributed by atoms with van der Waals surface area (Å²) in [4.78, 5) is 12.3. The van der Waals surface area contributed by atoms with E-state index >= 15 is 0 Å². The lowest BCUT2D eigenvalue weighted by molar-refractivity contribution is -0.117. The minimum atomic E-state index is -3.70. The molecule has 0 saturated heterocycles. The lowest BCUT2D eigenvalue weighted by Crippen LogP contribution is -2.36. The Morgan fingerprint density at radius 1 is 1.11 bits per heavy atom. The second-order valence-electron chi connectivity index (χ2n) is 6.67. The maximum absolute atomic E-state index is 12.5. The molecule has 2 aromatic rings. The van der Waals surface area contributed by atoms with Crippen LogP contribution >= 0.6 is 12.4 Å². The molecule has 1 atom stereocenters. The van der Waals surface area contributed by atoms with Gasteiger partial charge in [0.2, 0.25) is 5.91 Å². The van der Waals surface area contributed by atoms with E-state index in [0.29, 0.717) is 23.7 Å². The molecule has 27 heavy (non-hydrogen) atoms. The summed E-state index contributed by atoms with van der Waals surface area (Å²) in [5, 5.41) is 2.74. The molecule has 0 aliphatic rings. The molecule has 0 radical (unpaired) electrons. The number of nitrogens with two attached hydrogens (primary N) is 1. The molecule has 0 saturated carbocycles. The monoisotopic (exact) mass is 411 g/mol. The van der Waals surface area contributed by atoms with E-state index in [2.05, 4.69) is 10.0 Å². The quantitative estimate of drug-likeness (QED) is 0.648. The summed E-state index contributed by atoms with van der Waals surface area (Å²) in [5.74, 6) is 0.0152. The van der Waals surface area contributed by atoms with Crippen molar-refractivity contribution in [2.75, 3.05) is 10.0 Å². The standard InChI is InChI=1S/C19H25N3O3S.ClH/c1-13(2)11-17(20)19(23)21-15-10-9-14(3)18(12-15)22-26(24,25)16-7-5-4-6-8-16;/h4-10,12-13,17,22H,11,20H2,1-3H3,(H,21,23);1H/t17-;/m0./s1. The van der Waals surface area contributed by atoms with Crippen LogP contribution in [0.2, 0.25) is 0 Å². The first-order chi connectivity index (χ1) is 12.2. The topological polar surface area (TPSA) is 101 Å². The summed E-state index contributed by atoms with van der Waals surface area (Å²) in [6.45, 7) is 5.78. The second-order valence-corrected chi connectivity index (χ2v) is 8.36. The van der Waals surface area contributed by atoms with Crippen LogP contribution < -0.4 is 15.8 Å². The van der Waals surface area contributed by atoms with Crippen molar-refractivity contribution in [3.05, 3.63) is 54.1 Å². The fourth-order valence-corrected chi connectivity index (χ4v) is 3.61. The number of sulfonamides is 1. The fraction of sp³-hybridized carbons (Fsp3) is 0.316. The largest absolute Gasteiger partial charge is 0.325 e. The second kappa shape index (κ2) is 9.73. The number of aryl methyl sites for hydroxylation is 1. The molecule has 0 unspecified atom stereocenters. The van der Waals surface area contributed by atoms with Crippen molar-refractivity contribution < 1.29 is 13.2 Å². The van der Waals surface area contributed by atoms with Gasteiger partial charge >= 0.3 is 0 Å². The highest BCUT2D eigenvalue weighted by Gasteiger charge is 2.17. The van der Waals surface area contributed by atoms with Crippen LogP contribution in [0.1, 0.15) is 25.8 Å². The number of carbonyl (C=O) groups excluding carboxylic acids is 1. The number of amides is 1. The van der Waals surface area contributed by atoms with Crippen molar-refractivity contribution in [3.8, 4) is 0 Å². The van der Waals surface area contributed by atoms with Crippen molar-refractivity contribution in [1.29, 1.82) is 0 Å². The molecule has 148 valence electrons.